The number of piperazine rings is 1. The highest BCUT2D eigenvalue weighted by Gasteiger charge is 2.28. The number of halogens is 4. The predicted octanol–water partition coefficient (Wildman–Crippen LogP) is 3.65. The summed E-state index contributed by atoms with van der Waals surface area (Å²) in [5.74, 6) is -0.405. The number of nitrogens with zero attached hydrogens (tertiary/aromatic N) is 2. The van der Waals surface area contributed by atoms with Crippen molar-refractivity contribution in [3.8, 4) is 0 Å². The summed E-state index contributed by atoms with van der Waals surface area (Å²) in [6.45, 7) is 3.41. The molecule has 1 aliphatic rings. The van der Waals surface area contributed by atoms with Crippen LogP contribution in [0.5, 0.6) is 0 Å². The van der Waals surface area contributed by atoms with Gasteiger partial charge in [0, 0.05) is 39.1 Å². The monoisotopic (exact) mass is 445 g/mol. The number of amides is 1. The molecule has 1 fully saturated rings. The summed E-state index contributed by atoms with van der Waals surface area (Å²) in [6, 6.07) is 12.8. The van der Waals surface area contributed by atoms with Crippen LogP contribution in [0.2, 0.25) is 0 Å². The maximum Gasteiger partial charge on any atom is 0.223 e. The van der Waals surface area contributed by atoms with Crippen molar-refractivity contribution in [2.24, 2.45) is 0 Å². The van der Waals surface area contributed by atoms with E-state index in [1.54, 1.807) is 24.3 Å². The second kappa shape index (κ2) is 12.1. The number of carbonyl (C=O) groups is 1. The lowest BCUT2D eigenvalue weighted by Gasteiger charge is -2.40. The third kappa shape index (κ3) is 6.64. The largest absolute Gasteiger partial charge is 0.340 e. The number of hydrogen-bond donors (Lipinski definition) is 1. The first-order valence-corrected chi connectivity index (χ1v) is 9.26. The van der Waals surface area contributed by atoms with E-state index in [2.05, 4.69) is 10.2 Å². The van der Waals surface area contributed by atoms with Gasteiger partial charge in [0.25, 0.3) is 0 Å². The van der Waals surface area contributed by atoms with Crippen LogP contribution in [0.1, 0.15) is 23.6 Å². The third-order valence-electron chi connectivity index (χ3n) is 4.99. The fourth-order valence-corrected chi connectivity index (χ4v) is 3.52. The van der Waals surface area contributed by atoms with Crippen molar-refractivity contribution in [3.05, 3.63) is 71.3 Å². The van der Waals surface area contributed by atoms with E-state index in [9.17, 15) is 13.6 Å². The first-order valence-electron chi connectivity index (χ1n) is 9.26. The molecule has 1 N–H and O–H groups in total. The first kappa shape index (κ1) is 25.3. The number of benzene rings is 2. The molecule has 1 saturated heterocycles. The minimum absolute atomic E-state index is 0. The normalized spacial score (nSPS) is 14.3. The molecule has 0 aromatic heterocycles. The quantitative estimate of drug-likeness (QED) is 0.736. The highest BCUT2D eigenvalue weighted by Crippen LogP contribution is 2.30. The highest BCUT2D eigenvalue weighted by atomic mass is 35.5. The van der Waals surface area contributed by atoms with Crippen LogP contribution in [0.4, 0.5) is 8.78 Å². The van der Waals surface area contributed by atoms with Crippen molar-refractivity contribution >= 4 is 30.7 Å². The summed E-state index contributed by atoms with van der Waals surface area (Å²) < 4.78 is 26.8. The summed E-state index contributed by atoms with van der Waals surface area (Å²) in [7, 11) is 1.83. The lowest BCUT2D eigenvalue weighted by Crippen LogP contribution is -2.50. The molecular formula is C21H27Cl2F2N3O. The highest BCUT2D eigenvalue weighted by molar-refractivity contribution is 5.85. The smallest absolute Gasteiger partial charge is 0.223 e. The maximum atomic E-state index is 13.4. The molecule has 2 aromatic rings. The maximum absolute atomic E-state index is 13.4. The number of rotatable bonds is 6. The van der Waals surface area contributed by atoms with Crippen LogP contribution in [0.3, 0.4) is 0 Å². The van der Waals surface area contributed by atoms with Gasteiger partial charge in [-0.1, -0.05) is 24.3 Å². The number of carbonyl (C=O) groups excluding carboxylic acids is 1. The van der Waals surface area contributed by atoms with E-state index in [0.717, 1.165) is 11.1 Å². The van der Waals surface area contributed by atoms with Crippen LogP contribution >= 0.6 is 24.8 Å². The SMILES string of the molecule is CNCCC(=O)N1CCN(C(c2ccc(F)cc2)c2ccc(F)cc2)CC1.Cl.Cl. The lowest BCUT2D eigenvalue weighted by atomic mass is 9.96. The van der Waals surface area contributed by atoms with Crippen molar-refractivity contribution in [2.45, 2.75) is 12.5 Å². The van der Waals surface area contributed by atoms with Crippen LogP contribution < -0.4 is 5.32 Å². The van der Waals surface area contributed by atoms with Gasteiger partial charge in [0.05, 0.1) is 6.04 Å². The van der Waals surface area contributed by atoms with Gasteiger partial charge in [-0.2, -0.15) is 0 Å². The average molecular weight is 446 g/mol. The van der Waals surface area contributed by atoms with Crippen molar-refractivity contribution < 1.29 is 13.6 Å². The van der Waals surface area contributed by atoms with Crippen LogP contribution in [0.15, 0.2) is 48.5 Å². The minimum Gasteiger partial charge on any atom is -0.340 e. The molecular weight excluding hydrogens is 419 g/mol. The molecule has 0 bridgehead atoms. The van der Waals surface area contributed by atoms with Crippen molar-refractivity contribution in [1.82, 2.24) is 15.1 Å². The predicted molar refractivity (Wildman–Crippen MR) is 116 cm³/mol. The van der Waals surface area contributed by atoms with E-state index in [4.69, 9.17) is 0 Å². The van der Waals surface area contributed by atoms with Gasteiger partial charge in [-0.3, -0.25) is 9.69 Å². The van der Waals surface area contributed by atoms with E-state index in [-0.39, 0.29) is 48.4 Å². The Morgan fingerprint density at radius 1 is 0.897 bits per heavy atom. The zero-order valence-corrected chi connectivity index (χ0v) is 17.9. The van der Waals surface area contributed by atoms with Crippen LogP contribution in [0, 0.1) is 11.6 Å². The molecule has 2 aromatic carbocycles. The van der Waals surface area contributed by atoms with Gasteiger partial charge in [0.2, 0.25) is 5.91 Å². The van der Waals surface area contributed by atoms with Gasteiger partial charge in [-0.25, -0.2) is 8.78 Å². The Balaban J connectivity index is 0.00000210. The van der Waals surface area contributed by atoms with Crippen molar-refractivity contribution in [3.63, 3.8) is 0 Å². The summed E-state index contributed by atoms with van der Waals surface area (Å²) in [5.41, 5.74) is 1.91. The molecule has 1 aliphatic heterocycles. The Kier molecular flexibility index (Phi) is 10.5. The van der Waals surface area contributed by atoms with Gasteiger partial charge < -0.3 is 10.2 Å². The molecule has 0 saturated carbocycles. The van der Waals surface area contributed by atoms with Crippen LogP contribution in [0.25, 0.3) is 0 Å². The molecule has 0 aliphatic carbocycles. The van der Waals surface area contributed by atoms with E-state index in [1.807, 2.05) is 11.9 Å². The Hall–Kier alpha value is -1.73. The van der Waals surface area contributed by atoms with Crippen LogP contribution in [-0.2, 0) is 4.79 Å². The second-order valence-corrected chi connectivity index (χ2v) is 6.78. The van der Waals surface area contributed by atoms with Crippen LogP contribution in [-0.4, -0.2) is 55.5 Å². The number of nitrogens with one attached hydrogen (secondary N) is 1. The van der Waals surface area contributed by atoms with E-state index in [0.29, 0.717) is 39.1 Å². The fraction of sp³-hybridized carbons (Fsp3) is 0.381. The first-order chi connectivity index (χ1) is 13.1. The Labute approximate surface area is 183 Å². The summed E-state index contributed by atoms with van der Waals surface area (Å²) in [6.07, 6.45) is 0.496. The van der Waals surface area contributed by atoms with Crippen molar-refractivity contribution in [1.29, 1.82) is 0 Å². The molecule has 0 unspecified atom stereocenters. The molecule has 4 nitrogen and oxygen atoms in total. The van der Waals surface area contributed by atoms with Crippen molar-refractivity contribution in [2.75, 3.05) is 39.8 Å². The second-order valence-electron chi connectivity index (χ2n) is 6.78. The average Bonchev–Trinajstić information content (AvgIpc) is 2.70. The van der Waals surface area contributed by atoms with E-state index >= 15 is 0 Å². The Morgan fingerprint density at radius 3 is 1.76 bits per heavy atom. The van der Waals surface area contributed by atoms with Gasteiger partial charge >= 0.3 is 0 Å². The van der Waals surface area contributed by atoms with Gasteiger partial charge in [-0.15, -0.1) is 24.8 Å². The molecule has 0 spiro atoms. The molecule has 3 rings (SSSR count). The molecule has 8 heteroatoms. The van der Waals surface area contributed by atoms with E-state index < -0.39 is 0 Å². The Morgan fingerprint density at radius 2 is 1.34 bits per heavy atom. The van der Waals surface area contributed by atoms with Gasteiger partial charge in [0.1, 0.15) is 11.6 Å². The topological polar surface area (TPSA) is 35.6 Å². The molecule has 29 heavy (non-hydrogen) atoms. The minimum atomic E-state index is -0.281. The standard InChI is InChI=1S/C21H25F2N3O.2ClH/c1-24-11-10-20(27)25-12-14-26(15-13-25)21(16-2-6-18(22)7-3-16)17-4-8-19(23)9-5-17;;/h2-9,21,24H,10-15H2,1H3;2*1H. The molecule has 0 radical (unpaired) electrons. The lowest BCUT2D eigenvalue weighted by molar-refractivity contribution is -0.133. The molecule has 1 amide bonds. The third-order valence-corrected chi connectivity index (χ3v) is 4.99. The molecule has 160 valence electrons. The fourth-order valence-electron chi connectivity index (χ4n) is 3.52. The summed E-state index contributed by atoms with van der Waals surface area (Å²) >= 11 is 0. The zero-order chi connectivity index (χ0) is 19.2. The van der Waals surface area contributed by atoms with Gasteiger partial charge in [0.15, 0.2) is 0 Å². The Bertz CT molecular complexity index is 706. The summed E-state index contributed by atoms with van der Waals surface area (Å²) in [4.78, 5) is 16.4. The summed E-state index contributed by atoms with van der Waals surface area (Å²) in [5, 5.41) is 3.00. The number of hydrogen-bond acceptors (Lipinski definition) is 3. The molecule has 0 atom stereocenters. The zero-order valence-electron chi connectivity index (χ0n) is 16.3. The van der Waals surface area contributed by atoms with Gasteiger partial charge in [-0.05, 0) is 42.4 Å². The van der Waals surface area contributed by atoms with E-state index in [1.165, 1.54) is 24.3 Å². The molecule has 1 heterocycles.